The summed E-state index contributed by atoms with van der Waals surface area (Å²) in [7, 11) is 0. The molecular formula is C12H23N. The highest BCUT2D eigenvalue weighted by atomic mass is 14.9. The van der Waals surface area contributed by atoms with Gasteiger partial charge in [-0.2, -0.15) is 0 Å². The van der Waals surface area contributed by atoms with Gasteiger partial charge < -0.3 is 5.32 Å². The van der Waals surface area contributed by atoms with Crippen molar-refractivity contribution in [1.29, 1.82) is 0 Å². The minimum absolute atomic E-state index is 0.773. The molecule has 0 aromatic heterocycles. The van der Waals surface area contributed by atoms with Gasteiger partial charge in [0.15, 0.2) is 0 Å². The number of hydrogen-bond donors (Lipinski definition) is 1. The highest BCUT2D eigenvalue weighted by Gasteiger charge is 2.41. The molecule has 0 radical (unpaired) electrons. The highest BCUT2D eigenvalue weighted by molar-refractivity contribution is 4.93. The molecule has 2 bridgehead atoms. The lowest BCUT2D eigenvalue weighted by Crippen LogP contribution is -2.36. The maximum Gasteiger partial charge on any atom is 0.00697 e. The van der Waals surface area contributed by atoms with Crippen molar-refractivity contribution in [3.05, 3.63) is 0 Å². The SMILES string of the molecule is CCCN[C@H](C)[C@H]1C[C@@H]2CC[C@@H]1C2. The number of fused-ring (bicyclic) bond motifs is 2. The summed E-state index contributed by atoms with van der Waals surface area (Å²) in [5.74, 6) is 3.18. The molecule has 0 spiro atoms. The van der Waals surface area contributed by atoms with Crippen LogP contribution in [0.3, 0.4) is 0 Å². The van der Waals surface area contributed by atoms with Crippen molar-refractivity contribution in [3.63, 3.8) is 0 Å². The average Bonchev–Trinajstić information content (AvgIpc) is 2.74. The van der Waals surface area contributed by atoms with E-state index in [4.69, 9.17) is 0 Å². The molecule has 2 saturated carbocycles. The van der Waals surface area contributed by atoms with E-state index in [-0.39, 0.29) is 0 Å². The van der Waals surface area contributed by atoms with Crippen LogP contribution in [0, 0.1) is 17.8 Å². The lowest BCUT2D eigenvalue weighted by Gasteiger charge is -2.28. The number of rotatable bonds is 4. The van der Waals surface area contributed by atoms with Crippen LogP contribution in [0.5, 0.6) is 0 Å². The third-order valence-corrected chi connectivity index (χ3v) is 4.15. The van der Waals surface area contributed by atoms with Gasteiger partial charge >= 0.3 is 0 Å². The van der Waals surface area contributed by atoms with Crippen LogP contribution in [-0.4, -0.2) is 12.6 Å². The van der Waals surface area contributed by atoms with Crippen LogP contribution in [0.2, 0.25) is 0 Å². The number of nitrogens with one attached hydrogen (secondary N) is 1. The van der Waals surface area contributed by atoms with Gasteiger partial charge in [0.1, 0.15) is 0 Å². The molecule has 0 aliphatic heterocycles. The monoisotopic (exact) mass is 181 g/mol. The van der Waals surface area contributed by atoms with Gasteiger partial charge in [-0.05, 0) is 56.9 Å². The lowest BCUT2D eigenvalue weighted by atomic mass is 9.84. The molecule has 1 N–H and O–H groups in total. The van der Waals surface area contributed by atoms with E-state index in [1.807, 2.05) is 0 Å². The first-order valence-corrected chi connectivity index (χ1v) is 6.04. The van der Waals surface area contributed by atoms with Gasteiger partial charge in [-0.3, -0.25) is 0 Å². The van der Waals surface area contributed by atoms with E-state index in [0.29, 0.717) is 0 Å². The van der Waals surface area contributed by atoms with Gasteiger partial charge in [-0.15, -0.1) is 0 Å². The molecule has 2 aliphatic rings. The molecule has 0 amide bonds. The van der Waals surface area contributed by atoms with Gasteiger partial charge in [-0.1, -0.05) is 13.3 Å². The van der Waals surface area contributed by atoms with E-state index in [0.717, 1.165) is 23.8 Å². The van der Waals surface area contributed by atoms with Crippen LogP contribution in [0.1, 0.15) is 46.0 Å². The van der Waals surface area contributed by atoms with E-state index in [2.05, 4.69) is 19.2 Å². The van der Waals surface area contributed by atoms with Gasteiger partial charge in [0.25, 0.3) is 0 Å². The van der Waals surface area contributed by atoms with Crippen molar-refractivity contribution in [2.24, 2.45) is 17.8 Å². The largest absolute Gasteiger partial charge is 0.314 e. The Morgan fingerprint density at radius 3 is 2.69 bits per heavy atom. The summed E-state index contributed by atoms with van der Waals surface area (Å²) >= 11 is 0. The maximum absolute atomic E-state index is 3.66. The van der Waals surface area contributed by atoms with Crippen LogP contribution in [0.25, 0.3) is 0 Å². The molecule has 2 aliphatic carbocycles. The average molecular weight is 181 g/mol. The van der Waals surface area contributed by atoms with Gasteiger partial charge in [-0.25, -0.2) is 0 Å². The Labute approximate surface area is 82.3 Å². The summed E-state index contributed by atoms with van der Waals surface area (Å²) in [5, 5.41) is 3.66. The highest BCUT2D eigenvalue weighted by Crippen LogP contribution is 2.49. The molecule has 0 aromatic rings. The molecule has 4 atom stereocenters. The summed E-state index contributed by atoms with van der Waals surface area (Å²) in [4.78, 5) is 0. The molecule has 0 heterocycles. The summed E-state index contributed by atoms with van der Waals surface area (Å²) in [6, 6.07) is 0.773. The van der Waals surface area contributed by atoms with Crippen LogP contribution in [0.4, 0.5) is 0 Å². The van der Waals surface area contributed by atoms with Gasteiger partial charge in [0, 0.05) is 6.04 Å². The Kier molecular flexibility index (Phi) is 2.92. The quantitative estimate of drug-likeness (QED) is 0.703. The fourth-order valence-corrected chi connectivity index (χ4v) is 3.43. The van der Waals surface area contributed by atoms with Crippen molar-refractivity contribution in [3.8, 4) is 0 Å². The second kappa shape index (κ2) is 4.00. The third-order valence-electron chi connectivity index (χ3n) is 4.15. The van der Waals surface area contributed by atoms with Crippen molar-refractivity contribution in [2.45, 2.75) is 52.0 Å². The van der Waals surface area contributed by atoms with Crippen LogP contribution < -0.4 is 5.32 Å². The maximum atomic E-state index is 3.66. The molecule has 1 heteroatoms. The standard InChI is InChI=1S/C12H23N/c1-3-6-13-9(2)12-8-10-4-5-11(12)7-10/h9-13H,3-8H2,1-2H3/t9-,10-,11-,12-/m1/s1. The molecule has 0 saturated heterocycles. The zero-order valence-corrected chi connectivity index (χ0v) is 9.05. The molecular weight excluding hydrogens is 158 g/mol. The van der Waals surface area contributed by atoms with Crippen molar-refractivity contribution >= 4 is 0 Å². The Bertz CT molecular complexity index is 167. The molecule has 0 unspecified atom stereocenters. The summed E-state index contributed by atoms with van der Waals surface area (Å²) in [6.07, 6.45) is 7.38. The fraction of sp³-hybridized carbons (Fsp3) is 1.00. The molecule has 1 nitrogen and oxygen atoms in total. The van der Waals surface area contributed by atoms with E-state index in [1.54, 1.807) is 6.42 Å². The predicted molar refractivity (Wildman–Crippen MR) is 56.7 cm³/mol. The Balaban J connectivity index is 1.80. The van der Waals surface area contributed by atoms with Crippen molar-refractivity contribution in [1.82, 2.24) is 5.32 Å². The van der Waals surface area contributed by atoms with Crippen LogP contribution in [0.15, 0.2) is 0 Å². The van der Waals surface area contributed by atoms with Crippen LogP contribution in [-0.2, 0) is 0 Å². The summed E-state index contributed by atoms with van der Waals surface area (Å²) in [5.41, 5.74) is 0. The zero-order chi connectivity index (χ0) is 9.26. The smallest absolute Gasteiger partial charge is 0.00697 e. The second-order valence-electron chi connectivity index (χ2n) is 5.08. The number of hydrogen-bond acceptors (Lipinski definition) is 1. The second-order valence-corrected chi connectivity index (χ2v) is 5.08. The van der Waals surface area contributed by atoms with E-state index in [1.165, 1.54) is 32.2 Å². The third kappa shape index (κ3) is 1.90. The normalized spacial score (nSPS) is 39.7. The van der Waals surface area contributed by atoms with Gasteiger partial charge in [0.2, 0.25) is 0 Å². The molecule has 2 fully saturated rings. The van der Waals surface area contributed by atoms with Crippen LogP contribution >= 0.6 is 0 Å². The first-order chi connectivity index (χ1) is 6.31. The minimum atomic E-state index is 0.773. The molecule has 2 rings (SSSR count). The Hall–Kier alpha value is -0.0400. The van der Waals surface area contributed by atoms with Crippen molar-refractivity contribution < 1.29 is 0 Å². The van der Waals surface area contributed by atoms with E-state index in [9.17, 15) is 0 Å². The molecule has 0 aromatic carbocycles. The zero-order valence-electron chi connectivity index (χ0n) is 9.05. The first kappa shape index (κ1) is 9.51. The Morgan fingerprint density at radius 1 is 1.31 bits per heavy atom. The van der Waals surface area contributed by atoms with Crippen molar-refractivity contribution in [2.75, 3.05) is 6.54 Å². The fourth-order valence-electron chi connectivity index (χ4n) is 3.43. The molecule has 76 valence electrons. The predicted octanol–water partition coefficient (Wildman–Crippen LogP) is 2.81. The summed E-state index contributed by atoms with van der Waals surface area (Å²) < 4.78 is 0. The minimum Gasteiger partial charge on any atom is -0.314 e. The Morgan fingerprint density at radius 2 is 2.15 bits per heavy atom. The molecule has 13 heavy (non-hydrogen) atoms. The van der Waals surface area contributed by atoms with E-state index >= 15 is 0 Å². The summed E-state index contributed by atoms with van der Waals surface area (Å²) in [6.45, 7) is 5.84. The van der Waals surface area contributed by atoms with E-state index < -0.39 is 0 Å². The topological polar surface area (TPSA) is 12.0 Å². The lowest BCUT2D eigenvalue weighted by molar-refractivity contribution is 0.261. The first-order valence-electron chi connectivity index (χ1n) is 6.04. The van der Waals surface area contributed by atoms with Gasteiger partial charge in [0.05, 0.1) is 0 Å².